The van der Waals surface area contributed by atoms with E-state index >= 15 is 0 Å². The zero-order valence-electron chi connectivity index (χ0n) is 8.00. The van der Waals surface area contributed by atoms with Gasteiger partial charge in [0, 0.05) is 4.90 Å². The highest BCUT2D eigenvalue weighted by Crippen LogP contribution is 2.26. The number of carboxylic acids is 1. The summed E-state index contributed by atoms with van der Waals surface area (Å²) in [6.45, 7) is 1.82. The Morgan fingerprint density at radius 1 is 1.57 bits per heavy atom. The van der Waals surface area contributed by atoms with Gasteiger partial charge in [0.2, 0.25) is 0 Å². The highest BCUT2D eigenvalue weighted by atomic mass is 32.2. The molecule has 0 bridgehead atoms. The van der Waals surface area contributed by atoms with E-state index in [4.69, 9.17) is 5.11 Å². The second kappa shape index (κ2) is 4.46. The largest absolute Gasteiger partial charge is 0.478 e. The van der Waals surface area contributed by atoms with Gasteiger partial charge in [-0.05, 0) is 30.4 Å². The number of carbonyl (C=O) groups is 1. The third-order valence-electron chi connectivity index (χ3n) is 2.01. The fourth-order valence-corrected chi connectivity index (χ4v) is 2.07. The van der Waals surface area contributed by atoms with Gasteiger partial charge in [-0.15, -0.1) is 11.8 Å². The van der Waals surface area contributed by atoms with Crippen LogP contribution in [0.1, 0.15) is 22.8 Å². The molecule has 0 aromatic heterocycles. The van der Waals surface area contributed by atoms with Crippen LogP contribution in [0.3, 0.4) is 0 Å². The number of carboxylic acid groups (broad SMARTS) is 1. The van der Waals surface area contributed by atoms with E-state index in [-0.39, 0.29) is 5.56 Å². The summed E-state index contributed by atoms with van der Waals surface area (Å²) in [5.41, 5.74) is 0.379. The molecule has 1 aromatic rings. The lowest BCUT2D eigenvalue weighted by Crippen LogP contribution is -2.06. The number of halogens is 1. The summed E-state index contributed by atoms with van der Waals surface area (Å²) < 4.78 is 13.2. The minimum atomic E-state index is -1.20. The maximum atomic E-state index is 13.2. The van der Waals surface area contributed by atoms with Gasteiger partial charge in [-0.25, -0.2) is 9.18 Å². The first-order valence-electron chi connectivity index (χ1n) is 4.20. The Morgan fingerprint density at radius 2 is 2.21 bits per heavy atom. The molecule has 0 saturated carbocycles. The van der Waals surface area contributed by atoms with Gasteiger partial charge in [-0.2, -0.15) is 0 Å². The van der Waals surface area contributed by atoms with Gasteiger partial charge in [0.25, 0.3) is 0 Å². The molecular formula is C10H11FO2S. The van der Waals surface area contributed by atoms with Gasteiger partial charge in [-0.3, -0.25) is 0 Å². The molecule has 0 amide bonds. The molecule has 2 nitrogen and oxygen atoms in total. The van der Waals surface area contributed by atoms with Crippen LogP contribution < -0.4 is 0 Å². The highest BCUT2D eigenvalue weighted by molar-refractivity contribution is 7.98. The second-order valence-corrected chi connectivity index (χ2v) is 3.61. The van der Waals surface area contributed by atoms with Crippen molar-refractivity contribution in [2.45, 2.75) is 18.2 Å². The first kappa shape index (κ1) is 11.0. The first-order valence-corrected chi connectivity index (χ1v) is 5.43. The van der Waals surface area contributed by atoms with E-state index in [1.807, 2.05) is 13.2 Å². The molecule has 0 heterocycles. The van der Waals surface area contributed by atoms with Crippen molar-refractivity contribution < 1.29 is 14.3 Å². The Bertz CT molecular complexity index is 363. The molecule has 1 rings (SSSR count). The third kappa shape index (κ3) is 1.90. The predicted molar refractivity (Wildman–Crippen MR) is 54.5 cm³/mol. The van der Waals surface area contributed by atoms with Crippen molar-refractivity contribution in [3.8, 4) is 0 Å². The van der Waals surface area contributed by atoms with Crippen LogP contribution in [-0.4, -0.2) is 17.3 Å². The van der Waals surface area contributed by atoms with Gasteiger partial charge in [0.15, 0.2) is 0 Å². The molecule has 1 N–H and O–H groups in total. The molecule has 76 valence electrons. The molecule has 14 heavy (non-hydrogen) atoms. The Kier molecular flexibility index (Phi) is 3.52. The van der Waals surface area contributed by atoms with Crippen LogP contribution in [0, 0.1) is 5.82 Å². The number of aromatic carboxylic acids is 1. The average Bonchev–Trinajstić information content (AvgIpc) is 2.16. The number of thioether (sulfide) groups is 1. The maximum absolute atomic E-state index is 13.2. The van der Waals surface area contributed by atoms with E-state index in [0.29, 0.717) is 12.0 Å². The summed E-state index contributed by atoms with van der Waals surface area (Å²) in [4.78, 5) is 11.6. The molecule has 0 radical (unpaired) electrons. The Balaban J connectivity index is 3.42. The van der Waals surface area contributed by atoms with Gasteiger partial charge in [0.05, 0.1) is 5.56 Å². The van der Waals surface area contributed by atoms with Gasteiger partial charge in [-0.1, -0.05) is 6.92 Å². The molecule has 0 aliphatic heterocycles. The quantitative estimate of drug-likeness (QED) is 0.786. The lowest BCUT2D eigenvalue weighted by Gasteiger charge is -2.09. The van der Waals surface area contributed by atoms with Crippen molar-refractivity contribution in [3.63, 3.8) is 0 Å². The topological polar surface area (TPSA) is 37.3 Å². The third-order valence-corrected chi connectivity index (χ3v) is 2.83. The van der Waals surface area contributed by atoms with Crippen molar-refractivity contribution in [1.82, 2.24) is 0 Å². The maximum Gasteiger partial charge on any atom is 0.339 e. The molecule has 0 aliphatic rings. The molecule has 0 fully saturated rings. The normalized spacial score (nSPS) is 10.2. The van der Waals surface area contributed by atoms with Crippen molar-refractivity contribution in [2.24, 2.45) is 0 Å². The van der Waals surface area contributed by atoms with Crippen LogP contribution in [0.2, 0.25) is 0 Å². The molecule has 0 aliphatic carbocycles. The second-order valence-electron chi connectivity index (χ2n) is 2.76. The first-order chi connectivity index (χ1) is 6.61. The Labute approximate surface area is 86.1 Å². The van der Waals surface area contributed by atoms with E-state index < -0.39 is 11.8 Å². The van der Waals surface area contributed by atoms with Crippen LogP contribution in [0.4, 0.5) is 4.39 Å². The van der Waals surface area contributed by atoms with Crippen molar-refractivity contribution in [1.29, 1.82) is 0 Å². The Hall–Kier alpha value is -1.03. The molecular weight excluding hydrogens is 203 g/mol. The number of hydrogen-bond acceptors (Lipinski definition) is 2. The SMILES string of the molecule is CCc1c(SC)ccc(F)c1C(=O)O. The van der Waals surface area contributed by atoms with E-state index in [1.165, 1.54) is 17.8 Å². The van der Waals surface area contributed by atoms with Gasteiger partial charge in [0.1, 0.15) is 5.82 Å². The molecule has 0 saturated heterocycles. The van der Waals surface area contributed by atoms with Crippen LogP contribution >= 0.6 is 11.8 Å². The molecule has 0 unspecified atom stereocenters. The van der Waals surface area contributed by atoms with Crippen molar-refractivity contribution in [2.75, 3.05) is 6.26 Å². The van der Waals surface area contributed by atoms with Crippen LogP contribution in [-0.2, 0) is 6.42 Å². The predicted octanol–water partition coefficient (Wildman–Crippen LogP) is 2.81. The standard InChI is InChI=1S/C10H11FO2S/c1-3-6-8(14-2)5-4-7(11)9(6)10(12)13/h4-5H,3H2,1-2H3,(H,12,13). The molecule has 1 aromatic carbocycles. The lowest BCUT2D eigenvalue weighted by atomic mass is 10.0. The zero-order chi connectivity index (χ0) is 10.7. The number of hydrogen-bond donors (Lipinski definition) is 1. The zero-order valence-corrected chi connectivity index (χ0v) is 8.82. The molecule has 0 spiro atoms. The fraction of sp³-hybridized carbons (Fsp3) is 0.300. The monoisotopic (exact) mass is 214 g/mol. The molecule has 4 heteroatoms. The number of rotatable bonds is 3. The minimum Gasteiger partial charge on any atom is -0.478 e. The van der Waals surface area contributed by atoms with Crippen LogP contribution in [0.5, 0.6) is 0 Å². The van der Waals surface area contributed by atoms with Gasteiger partial charge >= 0.3 is 5.97 Å². The fourth-order valence-electron chi connectivity index (χ4n) is 1.37. The minimum absolute atomic E-state index is 0.195. The van der Waals surface area contributed by atoms with Crippen molar-refractivity contribution >= 4 is 17.7 Å². The summed E-state index contributed by atoms with van der Waals surface area (Å²) in [5, 5.41) is 8.85. The highest BCUT2D eigenvalue weighted by Gasteiger charge is 2.17. The van der Waals surface area contributed by atoms with Gasteiger partial charge < -0.3 is 5.11 Å². The van der Waals surface area contributed by atoms with Crippen molar-refractivity contribution in [3.05, 3.63) is 29.1 Å². The molecule has 0 atom stereocenters. The van der Waals surface area contributed by atoms with Crippen LogP contribution in [0.15, 0.2) is 17.0 Å². The van der Waals surface area contributed by atoms with E-state index in [9.17, 15) is 9.18 Å². The average molecular weight is 214 g/mol. The summed E-state index contributed by atoms with van der Waals surface area (Å²) in [7, 11) is 0. The van der Waals surface area contributed by atoms with E-state index in [1.54, 1.807) is 6.07 Å². The Morgan fingerprint density at radius 3 is 2.64 bits per heavy atom. The van der Waals surface area contributed by atoms with Crippen LogP contribution in [0.25, 0.3) is 0 Å². The summed E-state index contributed by atoms with van der Waals surface area (Å²) in [6, 6.07) is 2.82. The lowest BCUT2D eigenvalue weighted by molar-refractivity contribution is 0.0690. The summed E-state index contributed by atoms with van der Waals surface area (Å²) in [6.07, 6.45) is 2.37. The number of benzene rings is 1. The van der Waals surface area contributed by atoms with E-state index in [2.05, 4.69) is 0 Å². The smallest absolute Gasteiger partial charge is 0.339 e. The summed E-state index contributed by atoms with van der Waals surface area (Å²) in [5.74, 6) is -1.86. The van der Waals surface area contributed by atoms with E-state index in [0.717, 1.165) is 4.90 Å². The summed E-state index contributed by atoms with van der Waals surface area (Å²) >= 11 is 1.43.